The molecule has 2 aliphatic heterocycles. The van der Waals surface area contributed by atoms with Crippen LogP contribution in [0.3, 0.4) is 0 Å². The molecule has 0 saturated carbocycles. The number of carbonyl (C=O) groups excluding carboxylic acids is 1. The SMILES string of the molecule is O=C(NCCN1CCC(CCc2ccccc2)CC1)c1cnccc1N1CCNCC1. The number of hydrogen-bond acceptors (Lipinski definition) is 5. The number of likely N-dealkylation sites (tertiary alicyclic amines) is 1. The molecule has 2 aliphatic rings. The van der Waals surface area contributed by atoms with Crippen molar-refractivity contribution in [3.05, 3.63) is 59.9 Å². The van der Waals surface area contributed by atoms with E-state index >= 15 is 0 Å². The number of pyridine rings is 1. The second kappa shape index (κ2) is 11.3. The molecule has 2 fully saturated rings. The summed E-state index contributed by atoms with van der Waals surface area (Å²) in [6.07, 6.45) is 8.46. The Morgan fingerprint density at radius 3 is 2.61 bits per heavy atom. The number of benzene rings is 1. The molecule has 1 aromatic heterocycles. The van der Waals surface area contributed by atoms with Crippen LogP contribution in [0.25, 0.3) is 0 Å². The van der Waals surface area contributed by atoms with Crippen LogP contribution in [-0.2, 0) is 6.42 Å². The predicted octanol–water partition coefficient (Wildman–Crippen LogP) is 2.57. The number of aryl methyl sites for hydroxylation is 1. The van der Waals surface area contributed by atoms with E-state index in [-0.39, 0.29) is 5.91 Å². The number of amides is 1. The highest BCUT2D eigenvalue weighted by atomic mass is 16.1. The maximum atomic E-state index is 12.8. The van der Waals surface area contributed by atoms with E-state index in [4.69, 9.17) is 0 Å². The Labute approximate surface area is 186 Å². The average Bonchev–Trinajstić information content (AvgIpc) is 2.85. The maximum Gasteiger partial charge on any atom is 0.255 e. The molecule has 0 spiro atoms. The van der Waals surface area contributed by atoms with E-state index in [2.05, 4.69) is 55.7 Å². The Bertz CT molecular complexity index is 814. The summed E-state index contributed by atoms with van der Waals surface area (Å²) in [6.45, 7) is 7.61. The molecule has 0 bridgehead atoms. The quantitative estimate of drug-likeness (QED) is 0.686. The zero-order chi connectivity index (χ0) is 21.3. The number of rotatable bonds is 8. The highest BCUT2D eigenvalue weighted by Gasteiger charge is 2.20. The number of nitrogens with one attached hydrogen (secondary N) is 2. The van der Waals surface area contributed by atoms with Crippen molar-refractivity contribution in [2.75, 3.05) is 57.3 Å². The molecule has 31 heavy (non-hydrogen) atoms. The van der Waals surface area contributed by atoms with Gasteiger partial charge >= 0.3 is 0 Å². The van der Waals surface area contributed by atoms with Crippen molar-refractivity contribution in [2.45, 2.75) is 25.7 Å². The lowest BCUT2D eigenvalue weighted by Gasteiger charge is -2.32. The number of piperidine rings is 1. The minimum atomic E-state index is -0.0145. The van der Waals surface area contributed by atoms with Crippen molar-refractivity contribution in [1.82, 2.24) is 20.5 Å². The summed E-state index contributed by atoms with van der Waals surface area (Å²) in [7, 11) is 0. The van der Waals surface area contributed by atoms with E-state index in [1.54, 1.807) is 12.4 Å². The molecule has 166 valence electrons. The third kappa shape index (κ3) is 6.28. The molecule has 6 nitrogen and oxygen atoms in total. The Morgan fingerprint density at radius 1 is 1.06 bits per heavy atom. The summed E-state index contributed by atoms with van der Waals surface area (Å²) in [6, 6.07) is 12.8. The number of anilines is 1. The summed E-state index contributed by atoms with van der Waals surface area (Å²) in [5.74, 6) is 0.808. The van der Waals surface area contributed by atoms with Gasteiger partial charge in [-0.2, -0.15) is 0 Å². The van der Waals surface area contributed by atoms with E-state index in [9.17, 15) is 4.79 Å². The van der Waals surface area contributed by atoms with Crippen LogP contribution in [0, 0.1) is 5.92 Å². The summed E-state index contributed by atoms with van der Waals surface area (Å²) >= 11 is 0. The first kappa shape index (κ1) is 21.8. The van der Waals surface area contributed by atoms with Crippen LogP contribution in [0.2, 0.25) is 0 Å². The van der Waals surface area contributed by atoms with E-state index in [1.165, 1.54) is 31.2 Å². The molecule has 3 heterocycles. The Kier molecular flexibility index (Phi) is 7.91. The number of carbonyl (C=O) groups is 1. The molecule has 1 aromatic carbocycles. The Morgan fingerprint density at radius 2 is 1.84 bits per heavy atom. The summed E-state index contributed by atoms with van der Waals surface area (Å²) in [4.78, 5) is 21.8. The molecule has 0 aliphatic carbocycles. The summed E-state index contributed by atoms with van der Waals surface area (Å²) in [5, 5.41) is 6.48. The van der Waals surface area contributed by atoms with Gasteiger partial charge in [0.05, 0.1) is 11.3 Å². The molecule has 6 heteroatoms. The molecule has 0 atom stereocenters. The van der Waals surface area contributed by atoms with Crippen molar-refractivity contribution in [2.24, 2.45) is 5.92 Å². The van der Waals surface area contributed by atoms with Gasteiger partial charge in [-0.05, 0) is 56.3 Å². The van der Waals surface area contributed by atoms with Crippen LogP contribution >= 0.6 is 0 Å². The Balaban J connectivity index is 1.18. The van der Waals surface area contributed by atoms with Gasteiger partial charge in [0.2, 0.25) is 0 Å². The molecule has 2 aromatic rings. The lowest BCUT2D eigenvalue weighted by molar-refractivity contribution is 0.0943. The van der Waals surface area contributed by atoms with Crippen LogP contribution in [0.15, 0.2) is 48.8 Å². The fraction of sp³-hybridized carbons (Fsp3) is 0.520. The number of aromatic nitrogens is 1. The highest BCUT2D eigenvalue weighted by Crippen LogP contribution is 2.22. The predicted molar refractivity (Wildman–Crippen MR) is 126 cm³/mol. The highest BCUT2D eigenvalue weighted by molar-refractivity contribution is 5.99. The molecule has 0 radical (unpaired) electrons. The minimum Gasteiger partial charge on any atom is -0.368 e. The van der Waals surface area contributed by atoms with Crippen LogP contribution in [0.4, 0.5) is 5.69 Å². The van der Waals surface area contributed by atoms with E-state index in [1.807, 2.05) is 6.07 Å². The number of piperazine rings is 1. The third-order valence-electron chi connectivity index (χ3n) is 6.61. The zero-order valence-corrected chi connectivity index (χ0v) is 18.4. The zero-order valence-electron chi connectivity index (χ0n) is 18.4. The van der Waals surface area contributed by atoms with Crippen molar-refractivity contribution < 1.29 is 4.79 Å². The maximum absolute atomic E-state index is 12.8. The normalized spacial score (nSPS) is 18.1. The van der Waals surface area contributed by atoms with Crippen LogP contribution in [0.1, 0.15) is 35.2 Å². The first-order valence-electron chi connectivity index (χ1n) is 11.7. The second-order valence-corrected chi connectivity index (χ2v) is 8.70. The third-order valence-corrected chi connectivity index (χ3v) is 6.61. The molecule has 1 amide bonds. The van der Waals surface area contributed by atoms with Gasteiger partial charge in [-0.25, -0.2) is 0 Å². The van der Waals surface area contributed by atoms with Gasteiger partial charge in [-0.1, -0.05) is 30.3 Å². The molecule has 0 unspecified atom stereocenters. The van der Waals surface area contributed by atoms with Gasteiger partial charge in [0.1, 0.15) is 0 Å². The molecule has 2 N–H and O–H groups in total. The van der Waals surface area contributed by atoms with Gasteiger partial charge in [-0.3, -0.25) is 9.78 Å². The standard InChI is InChI=1S/C25H35N5O/c31-25(23-20-27-11-8-24(23)30-18-12-26-13-19-30)28-14-17-29-15-9-22(10-16-29)7-6-21-4-2-1-3-5-21/h1-5,8,11,20,22,26H,6-7,9-10,12-19H2,(H,28,31). The van der Waals surface area contributed by atoms with Crippen molar-refractivity contribution in [1.29, 1.82) is 0 Å². The van der Waals surface area contributed by atoms with Gasteiger partial charge in [-0.15, -0.1) is 0 Å². The monoisotopic (exact) mass is 421 g/mol. The van der Waals surface area contributed by atoms with Gasteiger partial charge in [0, 0.05) is 51.7 Å². The first-order chi connectivity index (χ1) is 15.3. The molecular weight excluding hydrogens is 386 g/mol. The van der Waals surface area contributed by atoms with Crippen molar-refractivity contribution in [3.63, 3.8) is 0 Å². The van der Waals surface area contributed by atoms with Gasteiger partial charge < -0.3 is 20.4 Å². The second-order valence-electron chi connectivity index (χ2n) is 8.70. The number of hydrogen-bond donors (Lipinski definition) is 2. The molecular formula is C25H35N5O. The van der Waals surface area contributed by atoms with Crippen LogP contribution in [0.5, 0.6) is 0 Å². The topological polar surface area (TPSA) is 60.5 Å². The van der Waals surface area contributed by atoms with E-state index < -0.39 is 0 Å². The van der Waals surface area contributed by atoms with Crippen molar-refractivity contribution >= 4 is 11.6 Å². The number of nitrogens with zero attached hydrogens (tertiary/aromatic N) is 3. The minimum absolute atomic E-state index is 0.0145. The van der Waals surface area contributed by atoms with E-state index in [0.717, 1.165) is 57.4 Å². The van der Waals surface area contributed by atoms with Crippen molar-refractivity contribution in [3.8, 4) is 0 Å². The first-order valence-corrected chi connectivity index (χ1v) is 11.7. The fourth-order valence-electron chi connectivity index (χ4n) is 4.68. The fourth-order valence-corrected chi connectivity index (χ4v) is 4.68. The lowest BCUT2D eigenvalue weighted by Crippen LogP contribution is -2.44. The largest absolute Gasteiger partial charge is 0.368 e. The Hall–Kier alpha value is -2.44. The van der Waals surface area contributed by atoms with Crippen LogP contribution in [-0.4, -0.2) is 68.1 Å². The van der Waals surface area contributed by atoms with E-state index in [0.29, 0.717) is 12.1 Å². The van der Waals surface area contributed by atoms with Gasteiger partial charge in [0.25, 0.3) is 5.91 Å². The summed E-state index contributed by atoms with van der Waals surface area (Å²) < 4.78 is 0. The smallest absolute Gasteiger partial charge is 0.255 e. The summed E-state index contributed by atoms with van der Waals surface area (Å²) in [5.41, 5.74) is 3.13. The lowest BCUT2D eigenvalue weighted by atomic mass is 9.90. The van der Waals surface area contributed by atoms with Crippen LogP contribution < -0.4 is 15.5 Å². The molecule has 2 saturated heterocycles. The van der Waals surface area contributed by atoms with Gasteiger partial charge in [0.15, 0.2) is 0 Å². The average molecular weight is 422 g/mol. The molecule has 4 rings (SSSR count).